The zero-order chi connectivity index (χ0) is 15.0. The molecule has 2 aromatic carbocycles. The number of phenolic OH excluding ortho intramolecular Hbond substituents is 1. The predicted molar refractivity (Wildman–Crippen MR) is 85.1 cm³/mol. The van der Waals surface area contributed by atoms with Gasteiger partial charge in [0, 0.05) is 17.1 Å². The molecule has 106 valence electrons. The summed E-state index contributed by atoms with van der Waals surface area (Å²) in [6, 6.07) is 9.39. The van der Waals surface area contributed by atoms with Crippen molar-refractivity contribution in [3.63, 3.8) is 0 Å². The number of phenols is 1. The first-order chi connectivity index (χ1) is 10.0. The van der Waals surface area contributed by atoms with Crippen LogP contribution in [-0.4, -0.2) is 15.1 Å². The minimum atomic E-state index is 0.230. The summed E-state index contributed by atoms with van der Waals surface area (Å²) in [6.45, 7) is 6.13. The van der Waals surface area contributed by atoms with Gasteiger partial charge < -0.3 is 10.4 Å². The molecular weight excluding hydrogens is 262 g/mol. The zero-order valence-corrected chi connectivity index (χ0v) is 12.3. The van der Waals surface area contributed by atoms with Gasteiger partial charge in [0.15, 0.2) is 0 Å². The third kappa shape index (κ3) is 2.52. The fourth-order valence-electron chi connectivity index (χ4n) is 2.29. The maximum atomic E-state index is 9.64. The van der Waals surface area contributed by atoms with E-state index in [1.165, 1.54) is 11.1 Å². The van der Waals surface area contributed by atoms with E-state index in [2.05, 4.69) is 41.3 Å². The summed E-state index contributed by atoms with van der Waals surface area (Å²) >= 11 is 0. The molecule has 0 amide bonds. The molecule has 0 atom stereocenters. The number of anilines is 2. The van der Waals surface area contributed by atoms with Crippen LogP contribution in [0.5, 0.6) is 5.75 Å². The van der Waals surface area contributed by atoms with Crippen molar-refractivity contribution in [2.24, 2.45) is 0 Å². The first-order valence-corrected chi connectivity index (χ1v) is 6.83. The predicted octanol–water partition coefficient (Wildman–Crippen LogP) is 4.00. The highest BCUT2D eigenvalue weighted by molar-refractivity contribution is 5.91. The Hall–Kier alpha value is -2.62. The number of fused-ring (bicyclic) bond motifs is 1. The number of rotatable bonds is 2. The fourth-order valence-corrected chi connectivity index (χ4v) is 2.29. The van der Waals surface area contributed by atoms with Crippen LogP contribution in [0.2, 0.25) is 0 Å². The lowest BCUT2D eigenvalue weighted by atomic mass is 10.1. The second kappa shape index (κ2) is 5.05. The SMILES string of the molecule is Cc1cc2ncnc(Nc3cc(O)ccc3C)c2cc1C. The van der Waals surface area contributed by atoms with E-state index in [0.717, 1.165) is 28.0 Å². The van der Waals surface area contributed by atoms with E-state index in [1.807, 2.05) is 13.0 Å². The zero-order valence-electron chi connectivity index (χ0n) is 12.3. The van der Waals surface area contributed by atoms with Crippen LogP contribution in [0.25, 0.3) is 10.9 Å². The van der Waals surface area contributed by atoms with Gasteiger partial charge in [0.1, 0.15) is 17.9 Å². The van der Waals surface area contributed by atoms with E-state index in [4.69, 9.17) is 0 Å². The second-order valence-corrected chi connectivity index (χ2v) is 5.30. The van der Waals surface area contributed by atoms with Gasteiger partial charge in [-0.15, -0.1) is 0 Å². The minimum Gasteiger partial charge on any atom is -0.508 e. The van der Waals surface area contributed by atoms with E-state index >= 15 is 0 Å². The highest BCUT2D eigenvalue weighted by atomic mass is 16.3. The van der Waals surface area contributed by atoms with Gasteiger partial charge in [-0.05, 0) is 55.7 Å². The number of aryl methyl sites for hydroxylation is 3. The van der Waals surface area contributed by atoms with Crippen LogP contribution in [0, 0.1) is 20.8 Å². The molecule has 0 saturated carbocycles. The van der Waals surface area contributed by atoms with Crippen molar-refractivity contribution in [2.75, 3.05) is 5.32 Å². The van der Waals surface area contributed by atoms with Crippen LogP contribution in [0.3, 0.4) is 0 Å². The molecule has 0 unspecified atom stereocenters. The molecule has 3 rings (SSSR count). The Kier molecular flexibility index (Phi) is 3.22. The van der Waals surface area contributed by atoms with Crippen LogP contribution in [0.15, 0.2) is 36.7 Å². The van der Waals surface area contributed by atoms with Crippen molar-refractivity contribution in [3.05, 3.63) is 53.3 Å². The molecule has 4 nitrogen and oxygen atoms in total. The summed E-state index contributed by atoms with van der Waals surface area (Å²) in [6.07, 6.45) is 1.55. The molecule has 1 heterocycles. The Labute approximate surface area is 123 Å². The standard InChI is InChI=1S/C17H17N3O/c1-10-4-5-13(21)8-15(10)20-17-14-6-11(2)12(3)7-16(14)18-9-19-17/h4-9,21H,1-3H3,(H,18,19,20). The average molecular weight is 279 g/mol. The smallest absolute Gasteiger partial charge is 0.141 e. The third-order valence-electron chi connectivity index (χ3n) is 3.73. The highest BCUT2D eigenvalue weighted by Gasteiger charge is 2.08. The first kappa shape index (κ1) is 13.4. The Morgan fingerprint density at radius 2 is 1.67 bits per heavy atom. The van der Waals surface area contributed by atoms with Crippen molar-refractivity contribution < 1.29 is 5.11 Å². The van der Waals surface area contributed by atoms with Gasteiger partial charge in [-0.3, -0.25) is 0 Å². The van der Waals surface area contributed by atoms with Gasteiger partial charge in [-0.1, -0.05) is 6.07 Å². The largest absolute Gasteiger partial charge is 0.508 e. The number of aromatic hydroxyl groups is 1. The summed E-state index contributed by atoms with van der Waals surface area (Å²) in [4.78, 5) is 8.66. The molecule has 2 N–H and O–H groups in total. The summed E-state index contributed by atoms with van der Waals surface area (Å²) in [7, 11) is 0. The van der Waals surface area contributed by atoms with Crippen molar-refractivity contribution in [2.45, 2.75) is 20.8 Å². The molecule has 0 fully saturated rings. The van der Waals surface area contributed by atoms with E-state index in [9.17, 15) is 5.11 Å². The monoisotopic (exact) mass is 279 g/mol. The molecule has 21 heavy (non-hydrogen) atoms. The highest BCUT2D eigenvalue weighted by Crippen LogP contribution is 2.28. The van der Waals surface area contributed by atoms with Crippen molar-refractivity contribution in [1.82, 2.24) is 9.97 Å². The minimum absolute atomic E-state index is 0.230. The Morgan fingerprint density at radius 1 is 0.905 bits per heavy atom. The number of hydrogen-bond donors (Lipinski definition) is 2. The van der Waals surface area contributed by atoms with Crippen LogP contribution in [0.1, 0.15) is 16.7 Å². The molecule has 1 aromatic heterocycles. The molecule has 0 aliphatic heterocycles. The van der Waals surface area contributed by atoms with Crippen molar-refractivity contribution in [1.29, 1.82) is 0 Å². The Bertz CT molecular complexity index is 828. The topological polar surface area (TPSA) is 58.0 Å². The fraction of sp³-hybridized carbons (Fsp3) is 0.176. The maximum Gasteiger partial charge on any atom is 0.141 e. The van der Waals surface area contributed by atoms with E-state index < -0.39 is 0 Å². The average Bonchev–Trinajstić information content (AvgIpc) is 2.45. The lowest BCUT2D eigenvalue weighted by molar-refractivity contribution is 0.475. The summed E-state index contributed by atoms with van der Waals surface area (Å²) in [5.41, 5.74) is 5.21. The number of hydrogen-bond acceptors (Lipinski definition) is 4. The summed E-state index contributed by atoms with van der Waals surface area (Å²) in [5, 5.41) is 13.9. The molecule has 4 heteroatoms. The van der Waals surface area contributed by atoms with Crippen LogP contribution in [0.4, 0.5) is 11.5 Å². The maximum absolute atomic E-state index is 9.64. The second-order valence-electron chi connectivity index (χ2n) is 5.30. The number of nitrogens with one attached hydrogen (secondary N) is 1. The summed E-state index contributed by atoms with van der Waals surface area (Å²) in [5.74, 6) is 0.977. The van der Waals surface area contributed by atoms with Crippen molar-refractivity contribution >= 4 is 22.4 Å². The lowest BCUT2D eigenvalue weighted by Gasteiger charge is -2.12. The van der Waals surface area contributed by atoms with Gasteiger partial charge in [-0.2, -0.15) is 0 Å². The molecule has 0 spiro atoms. The molecule has 0 bridgehead atoms. The number of benzene rings is 2. The number of nitrogens with zero attached hydrogens (tertiary/aromatic N) is 2. The summed E-state index contributed by atoms with van der Waals surface area (Å²) < 4.78 is 0. The molecular formula is C17H17N3O. The van der Waals surface area contributed by atoms with E-state index in [-0.39, 0.29) is 5.75 Å². The Morgan fingerprint density at radius 3 is 2.48 bits per heavy atom. The molecule has 0 radical (unpaired) electrons. The van der Waals surface area contributed by atoms with Gasteiger partial charge in [-0.25, -0.2) is 9.97 Å². The van der Waals surface area contributed by atoms with Gasteiger partial charge in [0.25, 0.3) is 0 Å². The molecule has 0 aliphatic rings. The number of aromatic nitrogens is 2. The molecule has 0 saturated heterocycles. The lowest BCUT2D eigenvalue weighted by Crippen LogP contribution is -1.98. The van der Waals surface area contributed by atoms with E-state index in [1.54, 1.807) is 18.5 Å². The van der Waals surface area contributed by atoms with Crippen molar-refractivity contribution in [3.8, 4) is 5.75 Å². The molecule has 0 aliphatic carbocycles. The van der Waals surface area contributed by atoms with Gasteiger partial charge in [0.2, 0.25) is 0 Å². The Balaban J connectivity index is 2.12. The third-order valence-corrected chi connectivity index (χ3v) is 3.73. The van der Waals surface area contributed by atoms with E-state index in [0.29, 0.717) is 0 Å². The van der Waals surface area contributed by atoms with Gasteiger partial charge >= 0.3 is 0 Å². The molecule has 3 aromatic rings. The first-order valence-electron chi connectivity index (χ1n) is 6.83. The van der Waals surface area contributed by atoms with Crippen LogP contribution < -0.4 is 5.32 Å². The quantitative estimate of drug-likeness (QED) is 0.744. The van der Waals surface area contributed by atoms with Gasteiger partial charge in [0.05, 0.1) is 5.52 Å². The van der Waals surface area contributed by atoms with Crippen LogP contribution in [-0.2, 0) is 0 Å². The van der Waals surface area contributed by atoms with Crippen LogP contribution >= 0.6 is 0 Å². The normalized spacial score (nSPS) is 10.8.